The first-order valence-electron chi connectivity index (χ1n) is 6.55. The molecule has 20 heavy (non-hydrogen) atoms. The Balaban J connectivity index is 2.04. The van der Waals surface area contributed by atoms with Gasteiger partial charge < -0.3 is 5.32 Å². The molecule has 0 saturated heterocycles. The SMILES string of the molecule is O=C1Nc2ccc(CCCl)cc2C1=Cc1ccccc1. The van der Waals surface area contributed by atoms with Gasteiger partial charge in [0, 0.05) is 22.7 Å². The van der Waals surface area contributed by atoms with Crippen LogP contribution < -0.4 is 5.32 Å². The van der Waals surface area contributed by atoms with Crippen LogP contribution >= 0.6 is 11.6 Å². The van der Waals surface area contributed by atoms with Crippen molar-refractivity contribution >= 4 is 34.8 Å². The first kappa shape index (κ1) is 12.9. The highest BCUT2D eigenvalue weighted by molar-refractivity contribution is 6.34. The molecule has 2 aromatic rings. The highest BCUT2D eigenvalue weighted by Crippen LogP contribution is 2.33. The van der Waals surface area contributed by atoms with Gasteiger partial charge in [-0.3, -0.25) is 4.79 Å². The van der Waals surface area contributed by atoms with Crippen LogP contribution in [0.15, 0.2) is 48.5 Å². The number of carbonyl (C=O) groups is 1. The van der Waals surface area contributed by atoms with Gasteiger partial charge in [0.2, 0.25) is 0 Å². The van der Waals surface area contributed by atoms with E-state index < -0.39 is 0 Å². The van der Waals surface area contributed by atoms with Gasteiger partial charge in [-0.2, -0.15) is 0 Å². The second kappa shape index (κ2) is 5.51. The van der Waals surface area contributed by atoms with Crippen molar-refractivity contribution in [3.8, 4) is 0 Å². The first-order chi connectivity index (χ1) is 9.78. The van der Waals surface area contributed by atoms with Gasteiger partial charge in [-0.1, -0.05) is 36.4 Å². The number of nitrogens with one attached hydrogen (secondary N) is 1. The molecule has 1 aliphatic rings. The number of amides is 1. The van der Waals surface area contributed by atoms with E-state index in [-0.39, 0.29) is 5.91 Å². The lowest BCUT2D eigenvalue weighted by atomic mass is 10.0. The molecule has 1 N–H and O–H groups in total. The van der Waals surface area contributed by atoms with Crippen molar-refractivity contribution in [1.82, 2.24) is 0 Å². The van der Waals surface area contributed by atoms with E-state index in [2.05, 4.69) is 5.32 Å². The average Bonchev–Trinajstić information content (AvgIpc) is 2.77. The molecule has 0 atom stereocenters. The Bertz CT molecular complexity index is 677. The number of aryl methyl sites for hydroxylation is 1. The van der Waals surface area contributed by atoms with Crippen LogP contribution in [0.1, 0.15) is 16.7 Å². The summed E-state index contributed by atoms with van der Waals surface area (Å²) in [5.74, 6) is 0.532. The number of fused-ring (bicyclic) bond motifs is 1. The molecule has 0 radical (unpaired) electrons. The van der Waals surface area contributed by atoms with Crippen LogP contribution in [-0.4, -0.2) is 11.8 Å². The van der Waals surface area contributed by atoms with Gasteiger partial charge in [0.25, 0.3) is 5.91 Å². The van der Waals surface area contributed by atoms with Crippen molar-refractivity contribution in [3.63, 3.8) is 0 Å². The van der Waals surface area contributed by atoms with Gasteiger partial charge in [-0.25, -0.2) is 0 Å². The second-order valence-electron chi connectivity index (χ2n) is 4.74. The summed E-state index contributed by atoms with van der Waals surface area (Å²) < 4.78 is 0. The van der Waals surface area contributed by atoms with E-state index in [1.54, 1.807) is 0 Å². The number of hydrogen-bond donors (Lipinski definition) is 1. The summed E-state index contributed by atoms with van der Waals surface area (Å²) in [5, 5.41) is 2.90. The molecule has 3 heteroatoms. The van der Waals surface area contributed by atoms with Crippen LogP contribution in [0.25, 0.3) is 11.6 Å². The molecule has 0 aromatic heterocycles. The summed E-state index contributed by atoms with van der Waals surface area (Å²) in [6.07, 6.45) is 2.73. The van der Waals surface area contributed by atoms with E-state index in [9.17, 15) is 4.79 Å². The number of rotatable bonds is 3. The zero-order valence-electron chi connectivity index (χ0n) is 10.9. The van der Waals surface area contributed by atoms with E-state index in [4.69, 9.17) is 11.6 Å². The van der Waals surface area contributed by atoms with Crippen molar-refractivity contribution in [3.05, 3.63) is 65.2 Å². The first-order valence-corrected chi connectivity index (χ1v) is 7.09. The number of halogens is 1. The molecule has 3 rings (SSSR count). The maximum Gasteiger partial charge on any atom is 0.256 e. The zero-order valence-corrected chi connectivity index (χ0v) is 11.7. The number of anilines is 1. The van der Waals surface area contributed by atoms with Crippen molar-refractivity contribution < 1.29 is 4.79 Å². The van der Waals surface area contributed by atoms with Gasteiger partial charge in [0.1, 0.15) is 0 Å². The Labute approximate surface area is 123 Å². The molecule has 1 heterocycles. The van der Waals surface area contributed by atoms with Gasteiger partial charge >= 0.3 is 0 Å². The quantitative estimate of drug-likeness (QED) is 0.670. The smallest absolute Gasteiger partial charge is 0.256 e. The fraction of sp³-hybridized carbons (Fsp3) is 0.118. The molecule has 2 aromatic carbocycles. The Morgan fingerprint density at radius 2 is 1.90 bits per heavy atom. The number of alkyl halides is 1. The van der Waals surface area contributed by atoms with Gasteiger partial charge in [-0.15, -0.1) is 11.6 Å². The Hall–Kier alpha value is -2.06. The molecule has 0 fully saturated rings. The summed E-state index contributed by atoms with van der Waals surface area (Å²) in [4.78, 5) is 12.1. The minimum Gasteiger partial charge on any atom is -0.321 e. The summed E-state index contributed by atoms with van der Waals surface area (Å²) in [5.41, 5.74) is 4.71. The lowest BCUT2D eigenvalue weighted by molar-refractivity contribution is -0.110. The van der Waals surface area contributed by atoms with Crippen LogP contribution in [0.3, 0.4) is 0 Å². The minimum atomic E-state index is -0.0492. The Morgan fingerprint density at radius 1 is 1.10 bits per heavy atom. The molecule has 1 aliphatic heterocycles. The van der Waals surface area contributed by atoms with Crippen molar-refractivity contribution in [2.75, 3.05) is 11.2 Å². The normalized spacial score (nSPS) is 15.2. The predicted octanol–water partition coefficient (Wildman–Crippen LogP) is 3.96. The van der Waals surface area contributed by atoms with E-state index >= 15 is 0 Å². The monoisotopic (exact) mass is 283 g/mol. The zero-order chi connectivity index (χ0) is 13.9. The third-order valence-electron chi connectivity index (χ3n) is 3.36. The van der Waals surface area contributed by atoms with Crippen molar-refractivity contribution in [1.29, 1.82) is 0 Å². The topological polar surface area (TPSA) is 29.1 Å². The van der Waals surface area contributed by atoms with Crippen molar-refractivity contribution in [2.45, 2.75) is 6.42 Å². The molecular weight excluding hydrogens is 270 g/mol. The summed E-state index contributed by atoms with van der Waals surface area (Å²) >= 11 is 5.78. The Morgan fingerprint density at radius 3 is 2.65 bits per heavy atom. The second-order valence-corrected chi connectivity index (χ2v) is 5.12. The van der Waals surface area contributed by atoms with Gasteiger partial charge in [-0.05, 0) is 35.8 Å². The van der Waals surface area contributed by atoms with Crippen molar-refractivity contribution in [2.24, 2.45) is 0 Å². The third-order valence-corrected chi connectivity index (χ3v) is 3.55. The summed E-state index contributed by atoms with van der Waals surface area (Å²) in [7, 11) is 0. The predicted molar refractivity (Wildman–Crippen MR) is 83.8 cm³/mol. The maximum atomic E-state index is 12.1. The van der Waals surface area contributed by atoms with Crippen LogP contribution in [0.4, 0.5) is 5.69 Å². The lowest BCUT2D eigenvalue weighted by Crippen LogP contribution is -2.03. The largest absolute Gasteiger partial charge is 0.321 e. The van der Waals surface area contributed by atoms with Crippen LogP contribution in [0, 0.1) is 0 Å². The van der Waals surface area contributed by atoms with E-state index in [0.29, 0.717) is 11.5 Å². The lowest BCUT2D eigenvalue weighted by Gasteiger charge is -2.03. The average molecular weight is 284 g/mol. The van der Waals surface area contributed by atoms with E-state index in [1.807, 2.05) is 54.6 Å². The highest BCUT2D eigenvalue weighted by Gasteiger charge is 2.24. The number of benzene rings is 2. The molecule has 2 nitrogen and oxygen atoms in total. The van der Waals surface area contributed by atoms with Gasteiger partial charge in [0.15, 0.2) is 0 Å². The van der Waals surface area contributed by atoms with E-state index in [1.165, 1.54) is 0 Å². The summed E-state index contributed by atoms with van der Waals surface area (Å²) in [6.45, 7) is 0. The highest BCUT2D eigenvalue weighted by atomic mass is 35.5. The Kier molecular flexibility index (Phi) is 3.57. The molecular formula is C17H14ClNO. The molecule has 0 saturated carbocycles. The molecule has 1 amide bonds. The number of hydrogen-bond acceptors (Lipinski definition) is 1. The van der Waals surface area contributed by atoms with Crippen LogP contribution in [-0.2, 0) is 11.2 Å². The van der Waals surface area contributed by atoms with Crippen LogP contribution in [0.5, 0.6) is 0 Å². The third kappa shape index (κ3) is 2.47. The van der Waals surface area contributed by atoms with E-state index in [0.717, 1.165) is 28.8 Å². The van der Waals surface area contributed by atoms with Gasteiger partial charge in [0.05, 0.1) is 0 Å². The number of carbonyl (C=O) groups excluding carboxylic acids is 1. The molecule has 0 spiro atoms. The molecule has 0 aliphatic carbocycles. The maximum absolute atomic E-state index is 12.1. The minimum absolute atomic E-state index is 0.0492. The summed E-state index contributed by atoms with van der Waals surface area (Å²) in [6, 6.07) is 15.9. The molecule has 0 unspecified atom stereocenters. The van der Waals surface area contributed by atoms with Crippen LogP contribution in [0.2, 0.25) is 0 Å². The fourth-order valence-electron chi connectivity index (χ4n) is 2.36. The standard InChI is InChI=1S/C17H14ClNO/c18-9-8-13-6-7-16-14(10-13)15(17(20)19-16)11-12-4-2-1-3-5-12/h1-7,10-11H,8-9H2,(H,19,20). The molecule has 100 valence electrons. The fourth-order valence-corrected chi connectivity index (χ4v) is 2.58. The molecule has 0 bridgehead atoms.